The van der Waals surface area contributed by atoms with Crippen molar-refractivity contribution in [1.82, 2.24) is 0 Å². The predicted molar refractivity (Wildman–Crippen MR) is 54.7 cm³/mol. The molecule has 0 spiro atoms. The van der Waals surface area contributed by atoms with E-state index in [1.807, 2.05) is 30.3 Å². The van der Waals surface area contributed by atoms with Crippen LogP contribution in [0.15, 0.2) is 40.6 Å². The molecule has 4 heteroatoms. The SMILES string of the molecule is COC(=O)C1N=NCC1c1ccccc1. The lowest BCUT2D eigenvalue weighted by Crippen LogP contribution is -2.25. The molecule has 1 aliphatic heterocycles. The lowest BCUT2D eigenvalue weighted by Gasteiger charge is -2.14. The number of azo groups is 1. The van der Waals surface area contributed by atoms with Crippen molar-refractivity contribution in [3.63, 3.8) is 0 Å². The monoisotopic (exact) mass is 204 g/mol. The first-order valence-electron chi connectivity index (χ1n) is 4.82. The molecular weight excluding hydrogens is 192 g/mol. The smallest absolute Gasteiger partial charge is 0.333 e. The topological polar surface area (TPSA) is 51.0 Å². The first kappa shape index (κ1) is 9.83. The van der Waals surface area contributed by atoms with Crippen LogP contribution in [0.4, 0.5) is 0 Å². The zero-order valence-electron chi connectivity index (χ0n) is 8.46. The Labute approximate surface area is 88.0 Å². The number of esters is 1. The number of rotatable bonds is 2. The summed E-state index contributed by atoms with van der Waals surface area (Å²) >= 11 is 0. The van der Waals surface area contributed by atoms with Gasteiger partial charge in [0.2, 0.25) is 0 Å². The van der Waals surface area contributed by atoms with Gasteiger partial charge < -0.3 is 4.74 Å². The van der Waals surface area contributed by atoms with Crippen molar-refractivity contribution in [2.45, 2.75) is 12.0 Å². The van der Waals surface area contributed by atoms with E-state index >= 15 is 0 Å². The van der Waals surface area contributed by atoms with E-state index in [2.05, 4.69) is 10.2 Å². The quantitative estimate of drug-likeness (QED) is 0.689. The zero-order valence-corrected chi connectivity index (χ0v) is 8.46. The minimum Gasteiger partial charge on any atom is -0.467 e. The van der Waals surface area contributed by atoms with Crippen LogP contribution >= 0.6 is 0 Å². The average Bonchev–Trinajstić information content (AvgIpc) is 2.78. The summed E-state index contributed by atoms with van der Waals surface area (Å²) in [6, 6.07) is 9.33. The first-order chi connectivity index (χ1) is 7.33. The molecule has 0 bridgehead atoms. The molecule has 2 atom stereocenters. The van der Waals surface area contributed by atoms with Crippen molar-refractivity contribution in [2.24, 2.45) is 10.2 Å². The number of methoxy groups -OCH3 is 1. The highest BCUT2D eigenvalue weighted by molar-refractivity contribution is 5.77. The van der Waals surface area contributed by atoms with Crippen LogP contribution in [0.1, 0.15) is 11.5 Å². The van der Waals surface area contributed by atoms with E-state index in [0.717, 1.165) is 5.56 Å². The molecule has 1 heterocycles. The summed E-state index contributed by atoms with van der Waals surface area (Å²) in [5, 5.41) is 7.83. The maximum atomic E-state index is 11.4. The lowest BCUT2D eigenvalue weighted by molar-refractivity contribution is -0.142. The Balaban J connectivity index is 2.21. The van der Waals surface area contributed by atoms with Crippen LogP contribution in [-0.2, 0) is 9.53 Å². The summed E-state index contributed by atoms with van der Waals surface area (Å²) in [5.41, 5.74) is 1.08. The van der Waals surface area contributed by atoms with Crippen molar-refractivity contribution >= 4 is 5.97 Å². The number of nitrogens with zero attached hydrogens (tertiary/aromatic N) is 2. The fraction of sp³-hybridized carbons (Fsp3) is 0.364. The Kier molecular flexibility index (Phi) is 2.76. The second-order valence-electron chi connectivity index (χ2n) is 3.42. The minimum absolute atomic E-state index is 0.0265. The second-order valence-corrected chi connectivity index (χ2v) is 3.42. The molecule has 78 valence electrons. The van der Waals surface area contributed by atoms with Gasteiger partial charge in [0.25, 0.3) is 0 Å². The van der Waals surface area contributed by atoms with Gasteiger partial charge in [-0.25, -0.2) is 4.79 Å². The van der Waals surface area contributed by atoms with Gasteiger partial charge in [0.05, 0.1) is 13.7 Å². The van der Waals surface area contributed by atoms with Crippen molar-refractivity contribution in [2.75, 3.05) is 13.7 Å². The van der Waals surface area contributed by atoms with Crippen LogP contribution < -0.4 is 0 Å². The van der Waals surface area contributed by atoms with Gasteiger partial charge in [-0.05, 0) is 5.56 Å². The fourth-order valence-corrected chi connectivity index (χ4v) is 1.72. The predicted octanol–water partition coefficient (Wildman–Crippen LogP) is 1.78. The summed E-state index contributed by atoms with van der Waals surface area (Å²) in [7, 11) is 1.37. The molecule has 2 rings (SSSR count). The molecule has 0 radical (unpaired) electrons. The summed E-state index contributed by atoms with van der Waals surface area (Å²) in [6.07, 6.45) is 0. The van der Waals surface area contributed by atoms with Gasteiger partial charge in [-0.15, -0.1) is 0 Å². The molecule has 0 amide bonds. The number of ether oxygens (including phenoxy) is 1. The lowest BCUT2D eigenvalue weighted by atomic mass is 9.93. The van der Waals surface area contributed by atoms with Crippen LogP contribution in [0.25, 0.3) is 0 Å². The van der Waals surface area contributed by atoms with Gasteiger partial charge in [-0.1, -0.05) is 30.3 Å². The Morgan fingerprint density at radius 2 is 2.13 bits per heavy atom. The Morgan fingerprint density at radius 1 is 1.40 bits per heavy atom. The third-order valence-corrected chi connectivity index (χ3v) is 2.54. The fourth-order valence-electron chi connectivity index (χ4n) is 1.72. The molecule has 1 aromatic carbocycles. The third-order valence-electron chi connectivity index (χ3n) is 2.54. The number of carbonyl (C=O) groups is 1. The maximum Gasteiger partial charge on any atom is 0.333 e. The molecular formula is C11H12N2O2. The summed E-state index contributed by atoms with van der Waals surface area (Å²) < 4.78 is 4.69. The van der Waals surface area contributed by atoms with E-state index < -0.39 is 6.04 Å². The van der Waals surface area contributed by atoms with Crippen LogP contribution in [0.5, 0.6) is 0 Å². The standard InChI is InChI=1S/C11H12N2O2/c1-15-11(14)10-9(7-12-13-10)8-5-3-2-4-6-8/h2-6,9-10H,7H2,1H3. The van der Waals surface area contributed by atoms with Gasteiger partial charge in [0.1, 0.15) is 0 Å². The van der Waals surface area contributed by atoms with Crippen molar-refractivity contribution in [3.05, 3.63) is 35.9 Å². The van der Waals surface area contributed by atoms with Crippen molar-refractivity contribution in [3.8, 4) is 0 Å². The van der Waals surface area contributed by atoms with E-state index in [1.165, 1.54) is 7.11 Å². The zero-order chi connectivity index (χ0) is 10.7. The molecule has 0 aromatic heterocycles. The normalized spacial score (nSPS) is 24.1. The molecule has 4 nitrogen and oxygen atoms in total. The van der Waals surface area contributed by atoms with Gasteiger partial charge in [-0.2, -0.15) is 10.2 Å². The Hall–Kier alpha value is -1.71. The van der Waals surface area contributed by atoms with Crippen LogP contribution in [-0.4, -0.2) is 25.7 Å². The average molecular weight is 204 g/mol. The Bertz CT molecular complexity index is 375. The van der Waals surface area contributed by atoms with Gasteiger partial charge in [-0.3, -0.25) is 0 Å². The molecule has 0 aliphatic carbocycles. The Morgan fingerprint density at radius 3 is 2.80 bits per heavy atom. The number of benzene rings is 1. The largest absolute Gasteiger partial charge is 0.467 e. The molecule has 0 saturated heterocycles. The highest BCUT2D eigenvalue weighted by Crippen LogP contribution is 2.28. The van der Waals surface area contributed by atoms with E-state index in [-0.39, 0.29) is 11.9 Å². The third kappa shape index (κ3) is 1.88. The van der Waals surface area contributed by atoms with Gasteiger partial charge in [0, 0.05) is 5.92 Å². The van der Waals surface area contributed by atoms with E-state index in [1.54, 1.807) is 0 Å². The highest BCUT2D eigenvalue weighted by atomic mass is 16.5. The van der Waals surface area contributed by atoms with E-state index in [4.69, 9.17) is 4.74 Å². The molecule has 1 aliphatic rings. The summed E-state index contributed by atoms with van der Waals surface area (Å²) in [4.78, 5) is 11.4. The number of hydrogen-bond donors (Lipinski definition) is 0. The minimum atomic E-state index is -0.475. The molecule has 15 heavy (non-hydrogen) atoms. The molecule has 2 unspecified atom stereocenters. The molecule has 0 fully saturated rings. The molecule has 0 saturated carbocycles. The van der Waals surface area contributed by atoms with Crippen molar-refractivity contribution < 1.29 is 9.53 Å². The van der Waals surface area contributed by atoms with Gasteiger partial charge in [0.15, 0.2) is 6.04 Å². The maximum absolute atomic E-state index is 11.4. The number of hydrogen-bond acceptors (Lipinski definition) is 4. The summed E-state index contributed by atoms with van der Waals surface area (Å²) in [5.74, 6) is -0.288. The van der Waals surface area contributed by atoms with Crippen molar-refractivity contribution in [1.29, 1.82) is 0 Å². The van der Waals surface area contributed by atoms with Gasteiger partial charge >= 0.3 is 5.97 Å². The van der Waals surface area contributed by atoms with E-state index in [0.29, 0.717) is 6.54 Å². The van der Waals surface area contributed by atoms with Crippen LogP contribution in [0, 0.1) is 0 Å². The van der Waals surface area contributed by atoms with E-state index in [9.17, 15) is 4.79 Å². The highest BCUT2D eigenvalue weighted by Gasteiger charge is 2.33. The summed E-state index contributed by atoms with van der Waals surface area (Å²) in [6.45, 7) is 0.559. The molecule has 1 aromatic rings. The second kappa shape index (κ2) is 4.21. The number of carbonyl (C=O) groups excluding carboxylic acids is 1. The van der Waals surface area contributed by atoms with Crippen LogP contribution in [0.2, 0.25) is 0 Å². The van der Waals surface area contributed by atoms with Crippen LogP contribution in [0.3, 0.4) is 0 Å². The first-order valence-corrected chi connectivity index (χ1v) is 4.82. The molecule has 0 N–H and O–H groups in total.